The van der Waals surface area contributed by atoms with Gasteiger partial charge in [-0.1, -0.05) is 0 Å². The van der Waals surface area contributed by atoms with Crippen LogP contribution in [0.5, 0.6) is 0 Å². The van der Waals surface area contributed by atoms with Crippen LogP contribution in [0, 0.1) is 6.08 Å². The fraction of sp³-hybridized carbons (Fsp3) is 0.143. The van der Waals surface area contributed by atoms with E-state index in [4.69, 9.17) is 9.59 Å². The number of carbonyl (C=O) groups excluding carboxylic acids is 2. The Morgan fingerprint density at radius 2 is 2.10 bits per heavy atom. The third-order valence-corrected chi connectivity index (χ3v) is 0.904. The summed E-state index contributed by atoms with van der Waals surface area (Å²) in [6.45, 7) is 0. The van der Waals surface area contributed by atoms with Crippen molar-refractivity contribution < 1.29 is 23.7 Å². The molecule has 53 valence electrons. The summed E-state index contributed by atoms with van der Waals surface area (Å²) in [5, 5.41) is 0. The number of hydrogen-bond acceptors (Lipinski definition) is 2. The van der Waals surface area contributed by atoms with Crippen molar-refractivity contribution in [3.05, 3.63) is 24.3 Å². The molecule has 0 bridgehead atoms. The zero-order chi connectivity index (χ0) is 7.66. The fourth-order valence-electron chi connectivity index (χ4n) is 0.356. The first-order chi connectivity index (χ1) is 4.91. The molecule has 0 fully saturated rings. The first-order valence-electron chi connectivity index (χ1n) is 2.50. The molecule has 0 unspecified atom stereocenters. The van der Waals surface area contributed by atoms with Gasteiger partial charge < -0.3 is 0 Å². The van der Waals surface area contributed by atoms with Crippen LogP contribution in [0.15, 0.2) is 18.2 Å². The molecule has 0 radical (unpaired) electrons. The number of allylic oxidation sites excluding steroid dienone is 4. The van der Waals surface area contributed by atoms with Crippen molar-refractivity contribution in [3.63, 3.8) is 0 Å². The first-order valence-corrected chi connectivity index (χ1v) is 3.68. The quantitative estimate of drug-likeness (QED) is 0.398. The monoisotopic (exact) mass is 176 g/mol. The minimum absolute atomic E-state index is 0.438. The van der Waals surface area contributed by atoms with Crippen molar-refractivity contribution in [3.8, 4) is 0 Å². The Morgan fingerprint density at radius 3 is 2.20 bits per heavy atom. The van der Waals surface area contributed by atoms with E-state index in [1.54, 1.807) is 0 Å². The second-order valence-corrected chi connectivity index (χ2v) is 2.03. The van der Waals surface area contributed by atoms with Crippen LogP contribution in [0.2, 0.25) is 0 Å². The van der Waals surface area contributed by atoms with Gasteiger partial charge in [-0.15, -0.1) is 6.42 Å². The molecule has 0 saturated heterocycles. The summed E-state index contributed by atoms with van der Waals surface area (Å²) in [6, 6.07) is 0. The van der Waals surface area contributed by atoms with Gasteiger partial charge in [-0.2, -0.15) is 6.08 Å². The smallest absolute Gasteiger partial charge is 0.109 e. The molecule has 1 aliphatic rings. The molecule has 0 saturated carbocycles. The molecule has 3 heteroatoms. The van der Waals surface area contributed by atoms with E-state index in [1.165, 1.54) is 9.57 Å². The molecule has 0 N–H and O–H groups in total. The molecule has 0 aromatic rings. The molecule has 0 aromatic carbocycles. The SMILES string of the molecule is O=[C]=[Mn]=[C]=O.[C-]1=CC=CC1. The molecular weight excluding hydrogens is 171 g/mol. The molecular formula is C7H5MnO2-. The van der Waals surface area contributed by atoms with E-state index in [9.17, 15) is 0 Å². The molecule has 10 heavy (non-hydrogen) atoms. The van der Waals surface area contributed by atoms with E-state index in [0.717, 1.165) is 6.42 Å². The van der Waals surface area contributed by atoms with Gasteiger partial charge >= 0.3 is 33.2 Å². The van der Waals surface area contributed by atoms with E-state index < -0.39 is 14.1 Å². The standard InChI is InChI=1S/C5H5.2CO.Mn/c1-2-4-5-3-1;2*1-2;/h1-3H,4H2;;;/q-1;;;. The van der Waals surface area contributed by atoms with Gasteiger partial charge in [-0.05, 0) is 0 Å². The van der Waals surface area contributed by atoms with Gasteiger partial charge in [0.25, 0.3) is 0 Å². The van der Waals surface area contributed by atoms with Gasteiger partial charge in [0.2, 0.25) is 0 Å². The summed E-state index contributed by atoms with van der Waals surface area (Å²) in [6.07, 6.45) is 10.0. The zero-order valence-electron chi connectivity index (χ0n) is 5.13. The van der Waals surface area contributed by atoms with Crippen LogP contribution in [0.25, 0.3) is 0 Å². The van der Waals surface area contributed by atoms with Gasteiger partial charge in [0, 0.05) is 0 Å². The summed E-state index contributed by atoms with van der Waals surface area (Å²) in [5.41, 5.74) is 0. The number of rotatable bonds is 0. The molecule has 1 aliphatic carbocycles. The zero-order valence-corrected chi connectivity index (χ0v) is 6.31. The average molecular weight is 176 g/mol. The van der Waals surface area contributed by atoms with E-state index in [1.807, 2.05) is 12.2 Å². The van der Waals surface area contributed by atoms with E-state index in [0.29, 0.717) is 0 Å². The summed E-state index contributed by atoms with van der Waals surface area (Å²) in [5.74, 6) is 0. The van der Waals surface area contributed by atoms with Gasteiger partial charge in [0.1, 0.15) is 0 Å². The second-order valence-electron chi connectivity index (χ2n) is 1.25. The van der Waals surface area contributed by atoms with Crippen molar-refractivity contribution in [2.24, 2.45) is 0 Å². The Hall–Kier alpha value is -0.841. The predicted molar refractivity (Wildman–Crippen MR) is 33.0 cm³/mol. The minimum Gasteiger partial charge on any atom is -0.273 e. The number of hydrogen-bond donors (Lipinski definition) is 0. The van der Waals surface area contributed by atoms with Crippen molar-refractivity contribution in [1.29, 1.82) is 0 Å². The molecule has 1 rings (SSSR count). The predicted octanol–water partition coefficient (Wildman–Crippen LogP) is 0.509. The largest absolute Gasteiger partial charge is 0.273 e. The Bertz CT molecular complexity index is 214. The molecule has 0 amide bonds. The normalized spacial score (nSPS) is 10.8. The van der Waals surface area contributed by atoms with Crippen molar-refractivity contribution >= 4 is 9.57 Å². The summed E-state index contributed by atoms with van der Waals surface area (Å²) >= 11 is -0.438. The maximum atomic E-state index is 9.03. The molecule has 2 nitrogen and oxygen atoms in total. The van der Waals surface area contributed by atoms with Crippen LogP contribution in [0.4, 0.5) is 0 Å². The minimum atomic E-state index is -0.438. The van der Waals surface area contributed by atoms with Crippen LogP contribution in [-0.4, -0.2) is 9.57 Å². The van der Waals surface area contributed by atoms with Gasteiger partial charge in [-0.3, -0.25) is 6.08 Å². The van der Waals surface area contributed by atoms with Crippen LogP contribution < -0.4 is 0 Å². The fourth-order valence-corrected chi connectivity index (χ4v) is 0.405. The van der Waals surface area contributed by atoms with Crippen LogP contribution in [0.3, 0.4) is 0 Å². The Labute approximate surface area is 64.5 Å². The van der Waals surface area contributed by atoms with Crippen LogP contribution in [0.1, 0.15) is 6.42 Å². The second kappa shape index (κ2) is 8.16. The molecule has 0 aromatic heterocycles. The summed E-state index contributed by atoms with van der Waals surface area (Å²) in [7, 11) is 0. The first kappa shape index (κ1) is 9.16. The van der Waals surface area contributed by atoms with Gasteiger partial charge in [0.15, 0.2) is 0 Å². The third-order valence-electron chi connectivity index (χ3n) is 0.663. The average Bonchev–Trinajstić information content (AvgIpc) is 2.44. The van der Waals surface area contributed by atoms with Crippen molar-refractivity contribution in [2.75, 3.05) is 0 Å². The molecule has 0 spiro atoms. The van der Waals surface area contributed by atoms with E-state index >= 15 is 0 Å². The van der Waals surface area contributed by atoms with E-state index in [-0.39, 0.29) is 0 Å². The third kappa shape index (κ3) is 7.16. The molecule has 0 atom stereocenters. The Morgan fingerprint density at radius 1 is 1.40 bits per heavy atom. The van der Waals surface area contributed by atoms with Crippen LogP contribution in [-0.2, 0) is 23.7 Å². The molecule has 0 aliphatic heterocycles. The summed E-state index contributed by atoms with van der Waals surface area (Å²) in [4.78, 5) is 20.8. The Kier molecular flexibility index (Phi) is 7.47. The van der Waals surface area contributed by atoms with Crippen molar-refractivity contribution in [1.82, 2.24) is 0 Å². The Balaban J connectivity index is 0.000000162. The van der Waals surface area contributed by atoms with Gasteiger partial charge in [-0.25, -0.2) is 12.2 Å². The van der Waals surface area contributed by atoms with Gasteiger partial charge in [0.05, 0.1) is 0 Å². The van der Waals surface area contributed by atoms with E-state index in [2.05, 4.69) is 12.2 Å². The maximum Gasteiger partial charge on any atom is -0.109 e. The summed E-state index contributed by atoms with van der Waals surface area (Å²) < 4.78 is 0. The molecule has 0 heterocycles. The maximum absolute atomic E-state index is 9.03. The van der Waals surface area contributed by atoms with Crippen LogP contribution >= 0.6 is 0 Å². The topological polar surface area (TPSA) is 34.1 Å². The van der Waals surface area contributed by atoms with Crippen molar-refractivity contribution in [2.45, 2.75) is 6.42 Å².